The molecule has 60 valence electrons. The van der Waals surface area contributed by atoms with Gasteiger partial charge in [0.1, 0.15) is 5.75 Å². The van der Waals surface area contributed by atoms with Crippen molar-refractivity contribution in [1.82, 2.24) is 0 Å². The smallest absolute Gasteiger partial charge is 0.144 e. The Balaban J connectivity index is 3.06. The molecule has 0 aliphatic rings. The molecule has 0 amide bonds. The molecule has 11 heavy (non-hydrogen) atoms. The summed E-state index contributed by atoms with van der Waals surface area (Å²) in [4.78, 5) is 0.848. The Morgan fingerprint density at radius 1 is 1.55 bits per heavy atom. The van der Waals surface area contributed by atoms with Crippen LogP contribution in [0.2, 0.25) is 0 Å². The van der Waals surface area contributed by atoms with Gasteiger partial charge in [0.05, 0.1) is 12.8 Å². The van der Waals surface area contributed by atoms with Crippen molar-refractivity contribution in [3.05, 3.63) is 18.2 Å². The number of hydrogen-bond donors (Lipinski definition) is 3. The zero-order chi connectivity index (χ0) is 8.27. The molecule has 3 N–H and O–H groups in total. The topological polar surface area (TPSA) is 47.3 Å². The summed E-state index contributed by atoms with van der Waals surface area (Å²) < 4.78 is 5.03. The predicted octanol–water partition coefficient (Wildman–Crippen LogP) is 1.27. The van der Waals surface area contributed by atoms with Crippen LogP contribution in [0.4, 0.5) is 5.69 Å². The monoisotopic (exact) mass is 170 g/mol. The number of rotatable bonds is 2. The van der Waals surface area contributed by atoms with E-state index in [1.165, 1.54) is 0 Å². The SMILES string of the molecule is COc1cc(S)ccc1NN. The first-order valence-electron chi connectivity index (χ1n) is 3.11. The van der Waals surface area contributed by atoms with Crippen molar-refractivity contribution in [3.63, 3.8) is 0 Å². The molecule has 1 aromatic carbocycles. The number of hydrazine groups is 1. The highest BCUT2D eigenvalue weighted by molar-refractivity contribution is 7.80. The average molecular weight is 170 g/mol. The van der Waals surface area contributed by atoms with E-state index in [9.17, 15) is 0 Å². The summed E-state index contributed by atoms with van der Waals surface area (Å²) in [6, 6.07) is 5.43. The van der Waals surface area contributed by atoms with Crippen LogP contribution in [0.3, 0.4) is 0 Å². The van der Waals surface area contributed by atoms with Crippen LogP contribution in [-0.2, 0) is 0 Å². The van der Waals surface area contributed by atoms with Crippen molar-refractivity contribution in [2.45, 2.75) is 4.90 Å². The van der Waals surface area contributed by atoms with E-state index in [0.29, 0.717) is 5.75 Å². The van der Waals surface area contributed by atoms with Gasteiger partial charge in [-0.1, -0.05) is 0 Å². The molecule has 3 nitrogen and oxygen atoms in total. The fraction of sp³-hybridized carbons (Fsp3) is 0.143. The van der Waals surface area contributed by atoms with E-state index in [4.69, 9.17) is 10.6 Å². The molecule has 0 atom stereocenters. The summed E-state index contributed by atoms with van der Waals surface area (Å²) >= 11 is 4.15. The van der Waals surface area contributed by atoms with E-state index >= 15 is 0 Å². The Labute approximate surface area is 70.9 Å². The minimum atomic E-state index is 0.694. The van der Waals surface area contributed by atoms with Crippen molar-refractivity contribution in [2.75, 3.05) is 12.5 Å². The summed E-state index contributed by atoms with van der Waals surface area (Å²) in [5, 5.41) is 0. The standard InChI is InChI=1S/C7H10N2OS/c1-10-7-4-5(11)2-3-6(7)9-8/h2-4,9,11H,8H2,1H3. The summed E-state index contributed by atoms with van der Waals surface area (Å²) in [5.41, 5.74) is 3.27. The van der Waals surface area contributed by atoms with Gasteiger partial charge >= 0.3 is 0 Å². The van der Waals surface area contributed by atoms with Gasteiger partial charge in [-0.05, 0) is 18.2 Å². The van der Waals surface area contributed by atoms with Crippen LogP contribution < -0.4 is 16.0 Å². The second kappa shape index (κ2) is 3.50. The molecule has 0 aliphatic heterocycles. The molecule has 0 heterocycles. The summed E-state index contributed by atoms with van der Waals surface area (Å²) in [6.45, 7) is 0. The van der Waals surface area contributed by atoms with Crippen molar-refractivity contribution >= 4 is 18.3 Å². The van der Waals surface area contributed by atoms with Crippen LogP contribution in [0.1, 0.15) is 0 Å². The third kappa shape index (κ3) is 1.78. The van der Waals surface area contributed by atoms with Gasteiger partial charge < -0.3 is 10.2 Å². The third-order valence-electron chi connectivity index (χ3n) is 1.34. The number of nitrogens with two attached hydrogens (primary N) is 1. The van der Waals surface area contributed by atoms with E-state index < -0.39 is 0 Å². The Kier molecular flexibility index (Phi) is 2.62. The van der Waals surface area contributed by atoms with Gasteiger partial charge in [-0.15, -0.1) is 12.6 Å². The second-order valence-electron chi connectivity index (χ2n) is 2.03. The number of anilines is 1. The van der Waals surface area contributed by atoms with Gasteiger partial charge in [0.25, 0.3) is 0 Å². The Morgan fingerprint density at radius 3 is 2.82 bits per heavy atom. The summed E-state index contributed by atoms with van der Waals surface area (Å²) in [6.07, 6.45) is 0. The molecular formula is C7H10N2OS. The molecule has 0 radical (unpaired) electrons. The lowest BCUT2D eigenvalue weighted by Crippen LogP contribution is -2.07. The quantitative estimate of drug-likeness (QED) is 0.356. The van der Waals surface area contributed by atoms with E-state index in [1.807, 2.05) is 6.07 Å². The van der Waals surface area contributed by atoms with Gasteiger partial charge in [0.15, 0.2) is 0 Å². The number of nitrogens with one attached hydrogen (secondary N) is 1. The van der Waals surface area contributed by atoms with Crippen LogP contribution >= 0.6 is 12.6 Å². The Hall–Kier alpha value is -0.870. The minimum Gasteiger partial charge on any atom is -0.494 e. The molecule has 0 fully saturated rings. The lowest BCUT2D eigenvalue weighted by Gasteiger charge is -2.06. The number of benzene rings is 1. The van der Waals surface area contributed by atoms with Crippen molar-refractivity contribution in [2.24, 2.45) is 5.84 Å². The summed E-state index contributed by atoms with van der Waals surface area (Å²) in [5.74, 6) is 5.92. The van der Waals surface area contributed by atoms with Crippen molar-refractivity contribution in [1.29, 1.82) is 0 Å². The van der Waals surface area contributed by atoms with E-state index in [0.717, 1.165) is 10.6 Å². The van der Waals surface area contributed by atoms with Gasteiger partial charge in [-0.3, -0.25) is 5.84 Å². The molecule has 0 aromatic heterocycles. The first-order chi connectivity index (χ1) is 5.27. The molecule has 1 aromatic rings. The molecule has 0 spiro atoms. The fourth-order valence-electron chi connectivity index (χ4n) is 0.799. The van der Waals surface area contributed by atoms with Crippen molar-refractivity contribution < 1.29 is 4.74 Å². The summed E-state index contributed by atoms with van der Waals surface area (Å²) in [7, 11) is 1.59. The molecule has 0 bridgehead atoms. The largest absolute Gasteiger partial charge is 0.494 e. The van der Waals surface area contributed by atoms with Gasteiger partial charge in [-0.2, -0.15) is 0 Å². The number of ether oxygens (including phenoxy) is 1. The number of hydrogen-bond acceptors (Lipinski definition) is 4. The normalized spacial score (nSPS) is 9.36. The van der Waals surface area contributed by atoms with Crippen LogP contribution in [0.15, 0.2) is 23.1 Å². The molecule has 1 rings (SSSR count). The third-order valence-corrected chi connectivity index (χ3v) is 1.62. The molecule has 0 saturated carbocycles. The van der Waals surface area contributed by atoms with Crippen LogP contribution in [-0.4, -0.2) is 7.11 Å². The molecule has 0 saturated heterocycles. The molecule has 0 unspecified atom stereocenters. The zero-order valence-corrected chi connectivity index (χ0v) is 7.06. The average Bonchev–Trinajstić information content (AvgIpc) is 2.04. The Morgan fingerprint density at radius 2 is 2.27 bits per heavy atom. The zero-order valence-electron chi connectivity index (χ0n) is 6.16. The Bertz CT molecular complexity index is 252. The molecule has 4 heteroatoms. The van der Waals surface area contributed by atoms with E-state index in [-0.39, 0.29) is 0 Å². The predicted molar refractivity (Wildman–Crippen MR) is 48.1 cm³/mol. The maximum absolute atomic E-state index is 5.22. The maximum Gasteiger partial charge on any atom is 0.144 e. The van der Waals surface area contributed by atoms with E-state index in [2.05, 4.69) is 18.1 Å². The van der Waals surface area contributed by atoms with Gasteiger partial charge in [-0.25, -0.2) is 0 Å². The highest BCUT2D eigenvalue weighted by Crippen LogP contribution is 2.25. The lowest BCUT2D eigenvalue weighted by atomic mass is 10.3. The van der Waals surface area contributed by atoms with Crippen LogP contribution in [0, 0.1) is 0 Å². The van der Waals surface area contributed by atoms with Crippen molar-refractivity contribution in [3.8, 4) is 5.75 Å². The lowest BCUT2D eigenvalue weighted by molar-refractivity contribution is 0.415. The maximum atomic E-state index is 5.22. The van der Waals surface area contributed by atoms with Crippen LogP contribution in [0.25, 0.3) is 0 Å². The van der Waals surface area contributed by atoms with Gasteiger partial charge in [0, 0.05) is 4.90 Å². The number of nitrogen functional groups attached to an aromatic ring is 1. The van der Waals surface area contributed by atoms with Gasteiger partial charge in [0.2, 0.25) is 0 Å². The fourth-order valence-corrected chi connectivity index (χ4v) is 0.991. The van der Waals surface area contributed by atoms with E-state index in [1.54, 1.807) is 19.2 Å². The first kappa shape index (κ1) is 8.23. The second-order valence-corrected chi connectivity index (χ2v) is 2.55. The highest BCUT2D eigenvalue weighted by atomic mass is 32.1. The number of thiol groups is 1. The minimum absolute atomic E-state index is 0.694. The first-order valence-corrected chi connectivity index (χ1v) is 3.56. The number of methoxy groups -OCH3 is 1. The molecular weight excluding hydrogens is 160 g/mol. The molecule has 0 aliphatic carbocycles. The van der Waals surface area contributed by atoms with Crippen LogP contribution in [0.5, 0.6) is 5.75 Å². The highest BCUT2D eigenvalue weighted by Gasteiger charge is 1.99.